The lowest BCUT2D eigenvalue weighted by atomic mass is 10.1. The van der Waals surface area contributed by atoms with E-state index < -0.39 is 0 Å². The summed E-state index contributed by atoms with van der Waals surface area (Å²) in [4.78, 5) is 11.3. The molecule has 12 heavy (non-hydrogen) atoms. The van der Waals surface area contributed by atoms with Crippen LogP contribution in [-0.4, -0.2) is 11.7 Å². The van der Waals surface area contributed by atoms with E-state index in [1.54, 1.807) is 24.3 Å². The van der Waals surface area contributed by atoms with Crippen LogP contribution in [0.1, 0.15) is 16.8 Å². The fourth-order valence-corrected chi connectivity index (χ4v) is 1.32. The number of hydrogen-bond donors (Lipinski definition) is 0. The van der Waals surface area contributed by atoms with Gasteiger partial charge in [-0.2, -0.15) is 0 Å². The van der Waals surface area contributed by atoms with Gasteiger partial charge in [-0.05, 0) is 12.1 Å². The van der Waals surface area contributed by atoms with Crippen LogP contribution in [0, 0.1) is 0 Å². The molecule has 0 fully saturated rings. The maximum absolute atomic E-state index is 11.3. The van der Waals surface area contributed by atoms with Gasteiger partial charge in [0.2, 0.25) is 0 Å². The summed E-state index contributed by atoms with van der Waals surface area (Å²) in [6.45, 7) is 0. The van der Waals surface area contributed by atoms with Crippen molar-refractivity contribution in [1.29, 1.82) is 0 Å². The quantitative estimate of drug-likeness (QED) is 0.544. The molecule has 0 unspecified atom stereocenters. The Bertz CT molecular complexity index is 284. The summed E-state index contributed by atoms with van der Waals surface area (Å²) in [6.07, 6.45) is 0.339. The van der Waals surface area contributed by atoms with Gasteiger partial charge in [-0.15, -0.1) is 11.6 Å². The van der Waals surface area contributed by atoms with Crippen LogP contribution in [0.3, 0.4) is 0 Å². The van der Waals surface area contributed by atoms with Crippen LogP contribution in [0.5, 0.6) is 0 Å². The lowest BCUT2D eigenvalue weighted by molar-refractivity contribution is 0.0989. The first-order valence-corrected chi connectivity index (χ1v) is 4.50. The van der Waals surface area contributed by atoms with Gasteiger partial charge in [-0.1, -0.05) is 23.7 Å². The van der Waals surface area contributed by atoms with E-state index in [1.807, 2.05) is 0 Å². The molecule has 1 aromatic carbocycles. The van der Waals surface area contributed by atoms with Crippen molar-refractivity contribution in [3.05, 3.63) is 34.9 Å². The fraction of sp³-hybridized carbons (Fsp3) is 0.222. The first kappa shape index (κ1) is 9.56. The van der Waals surface area contributed by atoms with Crippen LogP contribution < -0.4 is 0 Å². The molecule has 0 aliphatic rings. The number of ketones is 1. The van der Waals surface area contributed by atoms with E-state index >= 15 is 0 Å². The number of rotatable bonds is 3. The van der Waals surface area contributed by atoms with E-state index in [0.717, 1.165) is 0 Å². The first-order valence-electron chi connectivity index (χ1n) is 3.59. The van der Waals surface area contributed by atoms with Crippen LogP contribution in [-0.2, 0) is 0 Å². The average molecular weight is 203 g/mol. The number of benzene rings is 1. The Morgan fingerprint density at radius 3 is 2.58 bits per heavy atom. The molecule has 0 saturated carbocycles. The van der Waals surface area contributed by atoms with Crippen molar-refractivity contribution >= 4 is 29.0 Å². The maximum atomic E-state index is 11.3. The molecule has 3 heteroatoms. The molecule has 0 atom stereocenters. The van der Waals surface area contributed by atoms with E-state index in [0.29, 0.717) is 22.9 Å². The van der Waals surface area contributed by atoms with Crippen molar-refractivity contribution in [2.45, 2.75) is 6.42 Å². The van der Waals surface area contributed by atoms with Gasteiger partial charge in [0, 0.05) is 17.9 Å². The fourth-order valence-electron chi connectivity index (χ4n) is 0.908. The predicted octanol–water partition coefficient (Wildman–Crippen LogP) is 3.15. The topological polar surface area (TPSA) is 17.1 Å². The third-order valence-corrected chi connectivity index (χ3v) is 2.01. The second kappa shape index (κ2) is 4.48. The molecule has 0 radical (unpaired) electrons. The molecule has 0 amide bonds. The number of hydrogen-bond acceptors (Lipinski definition) is 1. The largest absolute Gasteiger partial charge is 0.294 e. The number of alkyl halides is 1. The van der Waals surface area contributed by atoms with Gasteiger partial charge in [-0.25, -0.2) is 0 Å². The summed E-state index contributed by atoms with van der Waals surface area (Å²) in [7, 11) is 0. The van der Waals surface area contributed by atoms with Crippen LogP contribution >= 0.6 is 23.2 Å². The number of Topliss-reactive ketones (excluding diaryl/α,β-unsaturated/α-hetero) is 1. The number of carbonyl (C=O) groups is 1. The third kappa shape index (κ3) is 2.23. The Morgan fingerprint density at radius 1 is 1.33 bits per heavy atom. The summed E-state index contributed by atoms with van der Waals surface area (Å²) in [5.41, 5.74) is 0.555. The molecule has 0 N–H and O–H groups in total. The summed E-state index contributed by atoms with van der Waals surface area (Å²) >= 11 is 11.2. The van der Waals surface area contributed by atoms with Crippen molar-refractivity contribution < 1.29 is 4.79 Å². The molecule has 0 spiro atoms. The van der Waals surface area contributed by atoms with E-state index in [9.17, 15) is 4.79 Å². The summed E-state index contributed by atoms with van der Waals surface area (Å²) in [5, 5.41) is 0.493. The number of carbonyl (C=O) groups excluding carboxylic acids is 1. The summed E-state index contributed by atoms with van der Waals surface area (Å²) < 4.78 is 0. The highest BCUT2D eigenvalue weighted by Crippen LogP contribution is 2.16. The predicted molar refractivity (Wildman–Crippen MR) is 51.1 cm³/mol. The molecule has 0 aliphatic carbocycles. The lowest BCUT2D eigenvalue weighted by Crippen LogP contribution is -1.99. The van der Waals surface area contributed by atoms with Gasteiger partial charge >= 0.3 is 0 Å². The van der Waals surface area contributed by atoms with E-state index in [-0.39, 0.29) is 5.78 Å². The molecule has 0 bridgehead atoms. The molecule has 1 rings (SSSR count). The Morgan fingerprint density at radius 2 is 2.00 bits per heavy atom. The minimum atomic E-state index is -0.00407. The monoisotopic (exact) mass is 202 g/mol. The molecular weight excluding hydrogens is 195 g/mol. The van der Waals surface area contributed by atoms with Gasteiger partial charge in [0.15, 0.2) is 5.78 Å². The Labute approximate surface area is 81.3 Å². The van der Waals surface area contributed by atoms with Crippen molar-refractivity contribution in [2.24, 2.45) is 0 Å². The summed E-state index contributed by atoms with van der Waals surface area (Å²) in [6, 6.07) is 6.98. The van der Waals surface area contributed by atoms with Gasteiger partial charge in [-0.3, -0.25) is 4.79 Å². The van der Waals surface area contributed by atoms with E-state index in [4.69, 9.17) is 23.2 Å². The van der Waals surface area contributed by atoms with Crippen molar-refractivity contribution in [3.63, 3.8) is 0 Å². The van der Waals surface area contributed by atoms with Crippen LogP contribution in [0.2, 0.25) is 5.02 Å². The minimum absolute atomic E-state index is 0.00407. The first-order chi connectivity index (χ1) is 5.75. The van der Waals surface area contributed by atoms with Gasteiger partial charge in [0.05, 0.1) is 5.02 Å². The molecule has 0 aliphatic heterocycles. The molecule has 1 aromatic rings. The van der Waals surface area contributed by atoms with Crippen molar-refractivity contribution in [3.8, 4) is 0 Å². The van der Waals surface area contributed by atoms with Crippen LogP contribution in [0.25, 0.3) is 0 Å². The van der Waals surface area contributed by atoms with Gasteiger partial charge in [0.1, 0.15) is 0 Å². The van der Waals surface area contributed by atoms with Gasteiger partial charge in [0.25, 0.3) is 0 Å². The SMILES string of the molecule is O=C(CCCl)c1ccccc1Cl. The second-order valence-electron chi connectivity index (χ2n) is 2.34. The van der Waals surface area contributed by atoms with Crippen LogP contribution in [0.15, 0.2) is 24.3 Å². The zero-order chi connectivity index (χ0) is 8.97. The average Bonchev–Trinajstić information content (AvgIpc) is 2.05. The van der Waals surface area contributed by atoms with Gasteiger partial charge < -0.3 is 0 Å². The normalized spacial score (nSPS) is 9.83. The van der Waals surface area contributed by atoms with Crippen molar-refractivity contribution in [1.82, 2.24) is 0 Å². The molecular formula is C9H8Cl2O. The standard InChI is InChI=1S/C9H8Cl2O/c10-6-5-9(12)7-3-1-2-4-8(7)11/h1-4H,5-6H2. The Balaban J connectivity index is 2.87. The van der Waals surface area contributed by atoms with Crippen LogP contribution in [0.4, 0.5) is 0 Å². The Hall–Kier alpha value is -0.530. The van der Waals surface area contributed by atoms with Crippen molar-refractivity contribution in [2.75, 3.05) is 5.88 Å². The van der Waals surface area contributed by atoms with E-state index in [2.05, 4.69) is 0 Å². The highest BCUT2D eigenvalue weighted by atomic mass is 35.5. The number of halogens is 2. The van der Waals surface area contributed by atoms with E-state index in [1.165, 1.54) is 0 Å². The zero-order valence-electron chi connectivity index (χ0n) is 6.39. The molecule has 64 valence electrons. The summed E-state index contributed by atoms with van der Waals surface area (Å²) in [5.74, 6) is 0.333. The smallest absolute Gasteiger partial charge is 0.165 e. The molecule has 0 aromatic heterocycles. The second-order valence-corrected chi connectivity index (χ2v) is 3.13. The lowest BCUT2D eigenvalue weighted by Gasteiger charge is -1.99. The molecule has 0 saturated heterocycles. The minimum Gasteiger partial charge on any atom is -0.294 e. The maximum Gasteiger partial charge on any atom is 0.165 e. The Kier molecular flexibility index (Phi) is 3.57. The third-order valence-electron chi connectivity index (χ3n) is 1.50. The zero-order valence-corrected chi connectivity index (χ0v) is 7.90. The molecule has 1 nitrogen and oxygen atoms in total. The highest BCUT2D eigenvalue weighted by Gasteiger charge is 2.07. The highest BCUT2D eigenvalue weighted by molar-refractivity contribution is 6.34. The molecule has 0 heterocycles.